The Kier molecular flexibility index (Phi) is 13.3. The Bertz CT molecular complexity index is 775. The van der Waals surface area contributed by atoms with Crippen molar-refractivity contribution < 1.29 is 33.4 Å². The van der Waals surface area contributed by atoms with Crippen LogP contribution in [-0.2, 0) is 30.4 Å². The van der Waals surface area contributed by atoms with Gasteiger partial charge in [0.05, 0.1) is 19.1 Å². The van der Waals surface area contributed by atoms with Crippen LogP contribution in [0.5, 0.6) is 0 Å². The van der Waals surface area contributed by atoms with Gasteiger partial charge in [0.1, 0.15) is 12.2 Å². The van der Waals surface area contributed by atoms with E-state index in [1.54, 1.807) is 20.8 Å². The van der Waals surface area contributed by atoms with Crippen molar-refractivity contribution in [3.8, 4) is 0 Å². The Balaban J connectivity index is 2.56. The number of rotatable bonds is 14. The van der Waals surface area contributed by atoms with Crippen molar-refractivity contribution in [2.45, 2.75) is 84.5 Å². The normalized spacial score (nSPS) is 11.8. The van der Waals surface area contributed by atoms with Crippen molar-refractivity contribution >= 4 is 23.9 Å². The first kappa shape index (κ1) is 28.9. The summed E-state index contributed by atoms with van der Waals surface area (Å²) < 4.78 is 15.5. The summed E-state index contributed by atoms with van der Waals surface area (Å²) in [5, 5.41) is 5.20. The van der Waals surface area contributed by atoms with Gasteiger partial charge in [0.15, 0.2) is 5.78 Å². The van der Waals surface area contributed by atoms with Crippen LogP contribution in [0.15, 0.2) is 30.3 Å². The molecule has 2 amide bonds. The molecule has 0 fully saturated rings. The maximum Gasteiger partial charge on any atom is 0.408 e. The molecule has 0 saturated carbocycles. The Morgan fingerprint density at radius 2 is 1.65 bits per heavy atom. The number of Topliss-reactive ketones (excluding diaryl/α,β-unsaturated/α-hetero) is 1. The molecule has 0 spiro atoms. The number of hydrogen-bond donors (Lipinski definition) is 2. The van der Waals surface area contributed by atoms with Gasteiger partial charge in [-0.1, -0.05) is 43.7 Å². The number of benzene rings is 1. The molecule has 1 atom stereocenters. The van der Waals surface area contributed by atoms with Crippen LogP contribution in [0.1, 0.15) is 71.8 Å². The summed E-state index contributed by atoms with van der Waals surface area (Å²) in [6.45, 7) is 7.93. The van der Waals surface area contributed by atoms with E-state index in [0.29, 0.717) is 13.0 Å². The predicted molar refractivity (Wildman–Crippen MR) is 127 cm³/mol. The SMILES string of the molecule is CCCCOC(=O)CCC(=O)[C@H](CCCNC(=O)OC(C)(C)C)NC(=O)OCc1ccccc1. The smallest absolute Gasteiger partial charge is 0.408 e. The monoisotopic (exact) mass is 478 g/mol. The first-order valence-electron chi connectivity index (χ1n) is 11.7. The largest absolute Gasteiger partial charge is 0.466 e. The van der Waals surface area contributed by atoms with Gasteiger partial charge in [0.25, 0.3) is 0 Å². The van der Waals surface area contributed by atoms with Crippen molar-refractivity contribution in [2.75, 3.05) is 13.2 Å². The zero-order chi connectivity index (χ0) is 25.4. The number of esters is 1. The Morgan fingerprint density at radius 1 is 0.941 bits per heavy atom. The molecule has 0 heterocycles. The molecular weight excluding hydrogens is 440 g/mol. The van der Waals surface area contributed by atoms with Crippen molar-refractivity contribution in [3.63, 3.8) is 0 Å². The van der Waals surface area contributed by atoms with Gasteiger partial charge in [-0.15, -0.1) is 0 Å². The number of ketones is 1. The van der Waals surface area contributed by atoms with Crippen molar-refractivity contribution in [3.05, 3.63) is 35.9 Å². The van der Waals surface area contributed by atoms with E-state index in [0.717, 1.165) is 18.4 Å². The number of amides is 2. The second kappa shape index (κ2) is 15.7. The number of ether oxygens (including phenoxy) is 3. The van der Waals surface area contributed by atoms with Crippen LogP contribution in [0.3, 0.4) is 0 Å². The molecule has 0 aromatic heterocycles. The summed E-state index contributed by atoms with van der Waals surface area (Å²) in [6, 6.07) is 8.31. The summed E-state index contributed by atoms with van der Waals surface area (Å²) in [7, 11) is 0. The maximum absolute atomic E-state index is 12.7. The Morgan fingerprint density at radius 3 is 2.29 bits per heavy atom. The van der Waals surface area contributed by atoms with E-state index in [1.165, 1.54) is 0 Å². The highest BCUT2D eigenvalue weighted by Crippen LogP contribution is 2.09. The standard InChI is InChI=1S/C25H38N2O7/c1-5-6-17-32-22(29)15-14-21(28)20(13-10-16-26-23(30)34-25(2,3)4)27-24(31)33-18-19-11-8-7-9-12-19/h7-9,11-12,20H,5-6,10,13-18H2,1-4H3,(H,26,30)(H,27,31)/t20-/m0/s1. The third kappa shape index (κ3) is 14.1. The first-order chi connectivity index (χ1) is 16.1. The zero-order valence-electron chi connectivity index (χ0n) is 20.7. The molecule has 1 aromatic carbocycles. The van der Waals surface area contributed by atoms with E-state index >= 15 is 0 Å². The van der Waals surface area contributed by atoms with Gasteiger partial charge in [0, 0.05) is 13.0 Å². The average Bonchev–Trinajstić information content (AvgIpc) is 2.77. The minimum absolute atomic E-state index is 0.0596. The minimum atomic E-state index is -0.854. The molecule has 0 saturated heterocycles. The molecule has 1 rings (SSSR count). The van der Waals surface area contributed by atoms with Crippen LogP contribution in [-0.4, -0.2) is 48.7 Å². The lowest BCUT2D eigenvalue weighted by Gasteiger charge is -2.20. The molecule has 9 heteroatoms. The lowest BCUT2D eigenvalue weighted by Crippen LogP contribution is -2.42. The van der Waals surface area contributed by atoms with Gasteiger partial charge in [0.2, 0.25) is 0 Å². The van der Waals surface area contributed by atoms with Crippen LogP contribution in [0, 0.1) is 0 Å². The molecule has 0 unspecified atom stereocenters. The van der Waals surface area contributed by atoms with Gasteiger partial charge >= 0.3 is 18.2 Å². The lowest BCUT2D eigenvalue weighted by atomic mass is 10.0. The van der Waals surface area contributed by atoms with E-state index in [-0.39, 0.29) is 38.2 Å². The highest BCUT2D eigenvalue weighted by molar-refractivity contribution is 5.89. The molecule has 0 radical (unpaired) electrons. The second-order valence-electron chi connectivity index (χ2n) is 8.87. The fourth-order valence-corrected chi connectivity index (χ4v) is 2.83. The molecule has 0 aliphatic carbocycles. The van der Waals surface area contributed by atoms with Crippen LogP contribution in [0.2, 0.25) is 0 Å². The van der Waals surface area contributed by atoms with Crippen molar-refractivity contribution in [1.29, 1.82) is 0 Å². The molecule has 9 nitrogen and oxygen atoms in total. The highest BCUT2D eigenvalue weighted by Gasteiger charge is 2.23. The van der Waals surface area contributed by atoms with Crippen molar-refractivity contribution in [2.24, 2.45) is 0 Å². The van der Waals surface area contributed by atoms with Gasteiger partial charge in [-0.2, -0.15) is 0 Å². The van der Waals surface area contributed by atoms with Crippen LogP contribution >= 0.6 is 0 Å². The predicted octanol–water partition coefficient (Wildman–Crippen LogP) is 4.28. The van der Waals surface area contributed by atoms with Gasteiger partial charge < -0.3 is 24.8 Å². The number of unbranched alkanes of at least 4 members (excludes halogenated alkanes) is 1. The summed E-state index contributed by atoms with van der Waals surface area (Å²) in [4.78, 5) is 48.6. The number of carbonyl (C=O) groups excluding carboxylic acids is 4. The van der Waals surface area contributed by atoms with Gasteiger partial charge in [-0.05, 0) is 45.6 Å². The Labute approximate surface area is 201 Å². The maximum atomic E-state index is 12.7. The van der Waals surface area contributed by atoms with Gasteiger partial charge in [-0.25, -0.2) is 9.59 Å². The first-order valence-corrected chi connectivity index (χ1v) is 11.7. The highest BCUT2D eigenvalue weighted by atomic mass is 16.6. The van der Waals surface area contributed by atoms with Crippen LogP contribution in [0.4, 0.5) is 9.59 Å². The summed E-state index contributed by atoms with van der Waals surface area (Å²) in [6.07, 6.45) is 0.940. The molecule has 0 aliphatic rings. The summed E-state index contributed by atoms with van der Waals surface area (Å²) >= 11 is 0. The fourth-order valence-electron chi connectivity index (χ4n) is 2.83. The number of nitrogens with one attached hydrogen (secondary N) is 2. The topological polar surface area (TPSA) is 120 Å². The molecule has 0 bridgehead atoms. The van der Waals surface area contributed by atoms with Gasteiger partial charge in [-0.3, -0.25) is 9.59 Å². The van der Waals surface area contributed by atoms with E-state index in [4.69, 9.17) is 14.2 Å². The van der Waals surface area contributed by atoms with Crippen LogP contribution < -0.4 is 10.6 Å². The Hall–Kier alpha value is -3.10. The molecule has 190 valence electrons. The molecular formula is C25H38N2O7. The van der Waals surface area contributed by atoms with E-state index in [9.17, 15) is 19.2 Å². The van der Waals surface area contributed by atoms with Crippen LogP contribution in [0.25, 0.3) is 0 Å². The minimum Gasteiger partial charge on any atom is -0.466 e. The fraction of sp³-hybridized carbons (Fsp3) is 0.600. The lowest BCUT2D eigenvalue weighted by molar-refractivity contribution is -0.145. The third-order valence-electron chi connectivity index (χ3n) is 4.57. The summed E-state index contributed by atoms with van der Waals surface area (Å²) in [5.41, 5.74) is 0.204. The number of alkyl carbamates (subject to hydrolysis) is 2. The van der Waals surface area contributed by atoms with Crippen molar-refractivity contribution in [1.82, 2.24) is 10.6 Å². The average molecular weight is 479 g/mol. The quantitative estimate of drug-likeness (QED) is 0.233. The molecule has 34 heavy (non-hydrogen) atoms. The number of hydrogen-bond acceptors (Lipinski definition) is 7. The van der Waals surface area contributed by atoms with E-state index < -0.39 is 29.8 Å². The molecule has 0 aliphatic heterocycles. The van der Waals surface area contributed by atoms with E-state index in [1.807, 2.05) is 37.3 Å². The molecule has 2 N–H and O–H groups in total. The summed E-state index contributed by atoms with van der Waals surface area (Å²) in [5.74, 6) is -0.750. The van der Waals surface area contributed by atoms with E-state index in [2.05, 4.69) is 10.6 Å². The number of carbonyl (C=O) groups is 4. The molecule has 1 aromatic rings. The third-order valence-corrected chi connectivity index (χ3v) is 4.57. The second-order valence-corrected chi connectivity index (χ2v) is 8.87. The zero-order valence-corrected chi connectivity index (χ0v) is 20.7.